The number of carbonyl (C=O) groups is 2. The molecule has 0 aliphatic heterocycles. The summed E-state index contributed by atoms with van der Waals surface area (Å²) in [4.78, 5) is 22.5. The molecule has 0 atom stereocenters. The van der Waals surface area contributed by atoms with E-state index >= 15 is 0 Å². The number of anilines is 1. The fourth-order valence-corrected chi connectivity index (χ4v) is 1.46. The van der Waals surface area contributed by atoms with Crippen molar-refractivity contribution in [2.24, 2.45) is 0 Å². The van der Waals surface area contributed by atoms with Gasteiger partial charge in [-0.3, -0.25) is 4.79 Å². The van der Waals surface area contributed by atoms with Crippen molar-refractivity contribution in [2.45, 2.75) is 12.8 Å². The maximum atomic E-state index is 11.7. The van der Waals surface area contributed by atoms with Gasteiger partial charge in [0.25, 0.3) is 0 Å². The number of halogens is 1. The number of esters is 2. The molecule has 0 saturated carbocycles. The normalized spacial score (nSPS) is 9.89. The monoisotopic (exact) mass is 271 g/mol. The summed E-state index contributed by atoms with van der Waals surface area (Å²) in [6.07, 6.45) is 0.604. The number of methoxy groups -OCH3 is 1. The Labute approximate surface area is 110 Å². The van der Waals surface area contributed by atoms with Crippen LogP contribution in [-0.2, 0) is 14.3 Å². The number of carbonyl (C=O) groups excluding carboxylic acids is 2. The Kier molecular flexibility index (Phi) is 5.45. The molecule has 0 saturated heterocycles. The van der Waals surface area contributed by atoms with Crippen LogP contribution in [0.15, 0.2) is 18.2 Å². The maximum absolute atomic E-state index is 11.7. The topological polar surface area (TPSA) is 78.6 Å². The lowest BCUT2D eigenvalue weighted by molar-refractivity contribution is -0.140. The van der Waals surface area contributed by atoms with E-state index in [1.54, 1.807) is 6.07 Å². The van der Waals surface area contributed by atoms with E-state index in [1.165, 1.54) is 19.2 Å². The van der Waals surface area contributed by atoms with Crippen molar-refractivity contribution in [3.05, 3.63) is 28.8 Å². The Morgan fingerprint density at radius 1 is 1.39 bits per heavy atom. The average Bonchev–Trinajstić information content (AvgIpc) is 2.36. The van der Waals surface area contributed by atoms with Crippen molar-refractivity contribution in [2.75, 3.05) is 19.5 Å². The third-order valence-corrected chi connectivity index (χ3v) is 2.53. The summed E-state index contributed by atoms with van der Waals surface area (Å²) >= 11 is 5.85. The molecule has 18 heavy (non-hydrogen) atoms. The Hall–Kier alpha value is -1.75. The molecular weight excluding hydrogens is 258 g/mol. The third kappa shape index (κ3) is 4.25. The van der Waals surface area contributed by atoms with Gasteiger partial charge in [-0.2, -0.15) is 0 Å². The minimum atomic E-state index is -0.558. The molecule has 2 N–H and O–H groups in total. The number of hydrogen-bond acceptors (Lipinski definition) is 5. The van der Waals surface area contributed by atoms with Gasteiger partial charge in [-0.25, -0.2) is 4.79 Å². The summed E-state index contributed by atoms with van der Waals surface area (Å²) in [5.74, 6) is -0.898. The largest absolute Gasteiger partial charge is 0.469 e. The van der Waals surface area contributed by atoms with Crippen molar-refractivity contribution in [1.29, 1.82) is 0 Å². The molecule has 1 aromatic carbocycles. The Bertz CT molecular complexity index is 448. The zero-order valence-electron chi connectivity index (χ0n) is 9.94. The zero-order chi connectivity index (χ0) is 13.5. The number of benzene rings is 1. The highest BCUT2D eigenvalue weighted by Crippen LogP contribution is 2.19. The first-order valence-electron chi connectivity index (χ1n) is 5.33. The second-order valence-electron chi connectivity index (χ2n) is 3.55. The fourth-order valence-electron chi connectivity index (χ4n) is 1.26. The van der Waals surface area contributed by atoms with Gasteiger partial charge < -0.3 is 15.2 Å². The average molecular weight is 272 g/mol. The lowest BCUT2D eigenvalue weighted by Gasteiger charge is -2.06. The molecule has 0 fully saturated rings. The van der Waals surface area contributed by atoms with Crippen LogP contribution in [0.1, 0.15) is 23.2 Å². The lowest BCUT2D eigenvalue weighted by atomic mass is 10.2. The molecule has 0 aromatic heterocycles. The first kappa shape index (κ1) is 14.3. The molecule has 0 bridgehead atoms. The quantitative estimate of drug-likeness (QED) is 0.504. The Balaban J connectivity index is 2.46. The fraction of sp³-hybridized carbons (Fsp3) is 0.333. The van der Waals surface area contributed by atoms with Crippen LogP contribution in [0.4, 0.5) is 5.69 Å². The zero-order valence-corrected chi connectivity index (χ0v) is 10.7. The molecule has 0 aliphatic rings. The van der Waals surface area contributed by atoms with Crippen LogP contribution in [-0.4, -0.2) is 25.7 Å². The molecular formula is C12H14ClNO4. The molecule has 0 spiro atoms. The van der Waals surface area contributed by atoms with E-state index in [0.29, 0.717) is 12.1 Å². The summed E-state index contributed by atoms with van der Waals surface area (Å²) in [6.45, 7) is 0.124. The highest BCUT2D eigenvalue weighted by molar-refractivity contribution is 6.33. The van der Waals surface area contributed by atoms with Gasteiger partial charge in [0.15, 0.2) is 0 Å². The van der Waals surface area contributed by atoms with Gasteiger partial charge in [0.05, 0.1) is 24.3 Å². The number of ether oxygens (including phenoxy) is 2. The van der Waals surface area contributed by atoms with Gasteiger partial charge in [-0.05, 0) is 24.6 Å². The van der Waals surface area contributed by atoms with Crippen LogP contribution >= 0.6 is 11.6 Å². The first-order valence-corrected chi connectivity index (χ1v) is 5.71. The standard InChI is InChI=1S/C12H14ClNO4/c1-17-11(15)3-2-6-18-12(16)9-7-8(14)4-5-10(9)13/h4-5,7H,2-3,6,14H2,1H3. The molecule has 0 aliphatic carbocycles. The van der Waals surface area contributed by atoms with Gasteiger partial charge in [-0.15, -0.1) is 0 Å². The van der Waals surface area contributed by atoms with Crippen molar-refractivity contribution >= 4 is 29.2 Å². The van der Waals surface area contributed by atoms with E-state index in [4.69, 9.17) is 22.1 Å². The van der Waals surface area contributed by atoms with Crippen LogP contribution in [0.3, 0.4) is 0 Å². The van der Waals surface area contributed by atoms with Crippen molar-refractivity contribution in [3.8, 4) is 0 Å². The molecule has 1 aromatic rings. The van der Waals surface area contributed by atoms with E-state index in [-0.39, 0.29) is 29.6 Å². The van der Waals surface area contributed by atoms with Gasteiger partial charge >= 0.3 is 11.9 Å². The SMILES string of the molecule is COC(=O)CCCOC(=O)c1cc(N)ccc1Cl. The second kappa shape index (κ2) is 6.86. The summed E-state index contributed by atoms with van der Waals surface area (Å²) in [5, 5.41) is 0.280. The van der Waals surface area contributed by atoms with Crippen LogP contribution < -0.4 is 5.73 Å². The van der Waals surface area contributed by atoms with Crippen molar-refractivity contribution in [1.82, 2.24) is 0 Å². The van der Waals surface area contributed by atoms with Gasteiger partial charge in [0, 0.05) is 12.1 Å². The summed E-state index contributed by atoms with van der Waals surface area (Å²) in [5.41, 5.74) is 6.20. The highest BCUT2D eigenvalue weighted by Gasteiger charge is 2.12. The van der Waals surface area contributed by atoms with E-state index in [9.17, 15) is 9.59 Å². The second-order valence-corrected chi connectivity index (χ2v) is 3.96. The van der Waals surface area contributed by atoms with Crippen LogP contribution in [0.5, 0.6) is 0 Å². The maximum Gasteiger partial charge on any atom is 0.339 e. The highest BCUT2D eigenvalue weighted by atomic mass is 35.5. The van der Waals surface area contributed by atoms with E-state index in [0.717, 1.165) is 0 Å². The van der Waals surface area contributed by atoms with Gasteiger partial charge in [0.1, 0.15) is 0 Å². The molecule has 6 heteroatoms. The number of nitrogens with two attached hydrogens (primary N) is 1. The molecule has 0 unspecified atom stereocenters. The van der Waals surface area contributed by atoms with E-state index in [1.807, 2.05) is 0 Å². The molecule has 0 radical (unpaired) electrons. The lowest BCUT2D eigenvalue weighted by Crippen LogP contribution is -2.09. The summed E-state index contributed by atoms with van der Waals surface area (Å²) < 4.78 is 9.43. The minimum absolute atomic E-state index is 0.124. The van der Waals surface area contributed by atoms with Gasteiger partial charge in [0.2, 0.25) is 0 Å². The minimum Gasteiger partial charge on any atom is -0.469 e. The summed E-state index contributed by atoms with van der Waals surface area (Å²) in [6, 6.07) is 4.57. The molecule has 0 heterocycles. The smallest absolute Gasteiger partial charge is 0.339 e. The molecule has 98 valence electrons. The number of nitrogen functional groups attached to an aromatic ring is 1. The molecule has 1 rings (SSSR count). The third-order valence-electron chi connectivity index (χ3n) is 2.20. The van der Waals surface area contributed by atoms with Gasteiger partial charge in [-0.1, -0.05) is 11.6 Å². The Morgan fingerprint density at radius 2 is 2.11 bits per heavy atom. The predicted octanol–water partition coefficient (Wildman–Crippen LogP) is 2.03. The van der Waals surface area contributed by atoms with E-state index in [2.05, 4.69) is 4.74 Å². The Morgan fingerprint density at radius 3 is 2.78 bits per heavy atom. The molecule has 0 amide bonds. The number of hydrogen-bond donors (Lipinski definition) is 1. The van der Waals surface area contributed by atoms with Crippen LogP contribution in [0, 0.1) is 0 Å². The van der Waals surface area contributed by atoms with Crippen molar-refractivity contribution < 1.29 is 19.1 Å². The van der Waals surface area contributed by atoms with Crippen molar-refractivity contribution in [3.63, 3.8) is 0 Å². The van der Waals surface area contributed by atoms with E-state index < -0.39 is 5.97 Å². The number of rotatable bonds is 5. The summed E-state index contributed by atoms with van der Waals surface area (Å²) in [7, 11) is 1.31. The van der Waals surface area contributed by atoms with Crippen LogP contribution in [0.2, 0.25) is 5.02 Å². The first-order chi connectivity index (χ1) is 8.54. The van der Waals surface area contributed by atoms with Crippen LogP contribution in [0.25, 0.3) is 0 Å². The molecule has 5 nitrogen and oxygen atoms in total. The predicted molar refractivity (Wildman–Crippen MR) is 67.4 cm³/mol.